The van der Waals surface area contributed by atoms with Crippen LogP contribution in [0.4, 0.5) is 5.69 Å². The predicted molar refractivity (Wildman–Crippen MR) is 112 cm³/mol. The largest absolute Gasteiger partial charge is 0.487 e. The zero-order valence-corrected chi connectivity index (χ0v) is 15.7. The zero-order chi connectivity index (χ0) is 19.8. The number of rotatable bonds is 5. The molecule has 0 atom stereocenters. The normalized spacial score (nSPS) is 9.82. The Morgan fingerprint density at radius 1 is 0.964 bits per heavy atom. The molecule has 2 N–H and O–H groups in total. The second-order valence-electron chi connectivity index (χ2n) is 5.87. The second kappa shape index (κ2) is 9.31. The number of carbonyl (C=O) groups excluding carboxylic acids is 1. The maximum Gasteiger partial charge on any atom is 0.257 e. The van der Waals surface area contributed by atoms with Gasteiger partial charge in [0.25, 0.3) is 5.91 Å². The molecule has 0 aromatic heterocycles. The SMILES string of the molecule is N#Cc1ccc(C(=O)NC(=S)Nc2ccccc2OCc2ccccc2)cc1. The Balaban J connectivity index is 1.62. The van der Waals surface area contributed by atoms with Gasteiger partial charge in [0.15, 0.2) is 5.11 Å². The average Bonchev–Trinajstić information content (AvgIpc) is 2.74. The summed E-state index contributed by atoms with van der Waals surface area (Å²) in [6, 6.07) is 25.5. The third kappa shape index (κ3) is 5.16. The molecule has 0 aliphatic rings. The lowest BCUT2D eigenvalue weighted by atomic mass is 10.1. The lowest BCUT2D eigenvalue weighted by Crippen LogP contribution is -2.34. The van der Waals surface area contributed by atoms with Crippen molar-refractivity contribution < 1.29 is 9.53 Å². The number of benzene rings is 3. The molecular formula is C22H17N3O2S. The van der Waals surface area contributed by atoms with Crippen LogP contribution in [0, 0.1) is 11.3 Å². The molecule has 0 unspecified atom stereocenters. The molecule has 5 nitrogen and oxygen atoms in total. The van der Waals surface area contributed by atoms with Gasteiger partial charge in [-0.05, 0) is 54.2 Å². The number of nitrogens with one attached hydrogen (secondary N) is 2. The van der Waals surface area contributed by atoms with E-state index in [1.54, 1.807) is 24.3 Å². The lowest BCUT2D eigenvalue weighted by molar-refractivity contribution is 0.0977. The van der Waals surface area contributed by atoms with Crippen molar-refractivity contribution in [3.63, 3.8) is 0 Å². The standard InChI is InChI=1S/C22H17N3O2S/c23-14-16-10-12-18(13-11-16)21(26)25-22(28)24-19-8-4-5-9-20(19)27-15-17-6-2-1-3-7-17/h1-13H,15H2,(H2,24,25,26,28). The third-order valence-corrected chi connectivity index (χ3v) is 4.08. The third-order valence-electron chi connectivity index (χ3n) is 3.88. The van der Waals surface area contributed by atoms with Gasteiger partial charge in [-0.2, -0.15) is 5.26 Å². The van der Waals surface area contributed by atoms with E-state index in [1.165, 1.54) is 0 Å². The fraction of sp³-hybridized carbons (Fsp3) is 0.0455. The molecule has 6 heteroatoms. The van der Waals surface area contributed by atoms with Crippen molar-refractivity contribution in [1.82, 2.24) is 5.32 Å². The molecule has 0 heterocycles. The summed E-state index contributed by atoms with van der Waals surface area (Å²) < 4.78 is 5.87. The molecule has 0 saturated heterocycles. The summed E-state index contributed by atoms with van der Waals surface area (Å²) in [7, 11) is 0. The molecule has 3 aromatic carbocycles. The van der Waals surface area contributed by atoms with Gasteiger partial charge in [-0.25, -0.2) is 0 Å². The second-order valence-corrected chi connectivity index (χ2v) is 6.28. The molecular weight excluding hydrogens is 370 g/mol. The van der Waals surface area contributed by atoms with Crippen LogP contribution in [-0.2, 0) is 6.61 Å². The van der Waals surface area contributed by atoms with Gasteiger partial charge in [-0.15, -0.1) is 0 Å². The van der Waals surface area contributed by atoms with Crippen LogP contribution in [0.15, 0.2) is 78.9 Å². The summed E-state index contributed by atoms with van der Waals surface area (Å²) in [6.45, 7) is 0.421. The van der Waals surface area contributed by atoms with E-state index < -0.39 is 0 Å². The highest BCUT2D eigenvalue weighted by molar-refractivity contribution is 7.80. The molecule has 0 aliphatic carbocycles. The monoisotopic (exact) mass is 387 g/mol. The van der Waals surface area contributed by atoms with Gasteiger partial charge in [0.1, 0.15) is 12.4 Å². The summed E-state index contributed by atoms with van der Waals surface area (Å²) >= 11 is 5.25. The first kappa shape index (κ1) is 19.1. The van der Waals surface area contributed by atoms with Crippen molar-refractivity contribution in [3.05, 3.63) is 95.6 Å². The summed E-state index contributed by atoms with van der Waals surface area (Å²) in [4.78, 5) is 12.3. The number of nitriles is 1. The van der Waals surface area contributed by atoms with Gasteiger partial charge in [0, 0.05) is 5.56 Å². The Hall–Kier alpha value is -3.69. The number of thiocarbonyl (C=S) groups is 1. The van der Waals surface area contributed by atoms with Crippen molar-refractivity contribution in [1.29, 1.82) is 5.26 Å². The first-order valence-electron chi connectivity index (χ1n) is 8.54. The van der Waals surface area contributed by atoms with Gasteiger partial charge in [-0.1, -0.05) is 42.5 Å². The number of anilines is 1. The summed E-state index contributed by atoms with van der Waals surface area (Å²) in [5.74, 6) is 0.269. The van der Waals surface area contributed by atoms with E-state index in [4.69, 9.17) is 22.2 Å². The highest BCUT2D eigenvalue weighted by Gasteiger charge is 2.10. The van der Waals surface area contributed by atoms with Crippen LogP contribution in [0.2, 0.25) is 0 Å². The van der Waals surface area contributed by atoms with Crippen molar-refractivity contribution >= 4 is 28.9 Å². The Kier molecular flexibility index (Phi) is 6.34. The molecule has 0 bridgehead atoms. The van der Waals surface area contributed by atoms with E-state index in [2.05, 4.69) is 10.6 Å². The lowest BCUT2D eigenvalue weighted by Gasteiger charge is -2.14. The van der Waals surface area contributed by atoms with E-state index in [0.717, 1.165) is 5.56 Å². The number of nitrogens with zero attached hydrogens (tertiary/aromatic N) is 1. The molecule has 0 fully saturated rings. The smallest absolute Gasteiger partial charge is 0.257 e. The van der Waals surface area contributed by atoms with Gasteiger partial charge in [0.2, 0.25) is 0 Å². The van der Waals surface area contributed by atoms with Gasteiger partial charge < -0.3 is 10.1 Å². The van der Waals surface area contributed by atoms with Crippen LogP contribution in [0.1, 0.15) is 21.5 Å². The fourth-order valence-corrected chi connectivity index (χ4v) is 2.66. The topological polar surface area (TPSA) is 74.2 Å². The van der Waals surface area contributed by atoms with Crippen molar-refractivity contribution in [3.8, 4) is 11.8 Å². The average molecular weight is 387 g/mol. The van der Waals surface area contributed by atoms with Crippen LogP contribution in [0.3, 0.4) is 0 Å². The van der Waals surface area contributed by atoms with Crippen LogP contribution >= 0.6 is 12.2 Å². The number of hydrogen-bond donors (Lipinski definition) is 2. The fourth-order valence-electron chi connectivity index (χ4n) is 2.46. The van der Waals surface area contributed by atoms with Crippen LogP contribution < -0.4 is 15.4 Å². The van der Waals surface area contributed by atoms with Gasteiger partial charge >= 0.3 is 0 Å². The number of amides is 1. The van der Waals surface area contributed by atoms with E-state index in [1.807, 2.05) is 60.7 Å². The number of para-hydroxylation sites is 2. The van der Waals surface area contributed by atoms with Crippen molar-refractivity contribution in [2.45, 2.75) is 6.61 Å². The van der Waals surface area contributed by atoms with E-state index in [-0.39, 0.29) is 11.0 Å². The minimum Gasteiger partial charge on any atom is -0.487 e. The highest BCUT2D eigenvalue weighted by Crippen LogP contribution is 2.24. The quantitative estimate of drug-likeness (QED) is 0.640. The zero-order valence-electron chi connectivity index (χ0n) is 14.9. The predicted octanol–water partition coefficient (Wildman–Crippen LogP) is 4.26. The minimum absolute atomic E-state index is 0.158. The molecule has 138 valence electrons. The van der Waals surface area contributed by atoms with Crippen LogP contribution in [0.25, 0.3) is 0 Å². The number of hydrogen-bond acceptors (Lipinski definition) is 4. The van der Waals surface area contributed by atoms with Crippen molar-refractivity contribution in [2.24, 2.45) is 0 Å². The number of ether oxygens (including phenoxy) is 1. The summed E-state index contributed by atoms with van der Waals surface area (Å²) in [6.07, 6.45) is 0. The molecule has 0 spiro atoms. The van der Waals surface area contributed by atoms with Crippen molar-refractivity contribution in [2.75, 3.05) is 5.32 Å². The summed E-state index contributed by atoms with van der Waals surface area (Å²) in [5, 5.41) is 14.6. The van der Waals surface area contributed by atoms with Crippen LogP contribution in [0.5, 0.6) is 5.75 Å². The Morgan fingerprint density at radius 2 is 1.64 bits per heavy atom. The Bertz CT molecular complexity index is 1010. The molecule has 0 radical (unpaired) electrons. The number of carbonyl (C=O) groups is 1. The van der Waals surface area contributed by atoms with E-state index in [0.29, 0.717) is 29.2 Å². The van der Waals surface area contributed by atoms with E-state index >= 15 is 0 Å². The molecule has 3 aromatic rings. The molecule has 0 saturated carbocycles. The van der Waals surface area contributed by atoms with Gasteiger partial charge in [-0.3, -0.25) is 10.1 Å². The Morgan fingerprint density at radius 3 is 2.36 bits per heavy atom. The maximum atomic E-state index is 12.3. The van der Waals surface area contributed by atoms with Crippen LogP contribution in [-0.4, -0.2) is 11.0 Å². The van der Waals surface area contributed by atoms with E-state index in [9.17, 15) is 4.79 Å². The minimum atomic E-state index is -0.357. The summed E-state index contributed by atoms with van der Waals surface area (Å²) in [5.41, 5.74) is 2.61. The first-order chi connectivity index (χ1) is 13.7. The van der Waals surface area contributed by atoms with Gasteiger partial charge in [0.05, 0.1) is 17.3 Å². The molecule has 0 aliphatic heterocycles. The molecule has 28 heavy (non-hydrogen) atoms. The maximum absolute atomic E-state index is 12.3. The molecule has 1 amide bonds. The molecule has 3 rings (SSSR count). The highest BCUT2D eigenvalue weighted by atomic mass is 32.1. The Labute approximate surface area is 168 Å². The first-order valence-corrected chi connectivity index (χ1v) is 8.95.